The Morgan fingerprint density at radius 1 is 1.12 bits per heavy atom. The highest BCUT2D eigenvalue weighted by molar-refractivity contribution is 8.01. The van der Waals surface area contributed by atoms with Crippen molar-refractivity contribution in [3.63, 3.8) is 0 Å². The van der Waals surface area contributed by atoms with Crippen LogP contribution in [0.1, 0.15) is 15.9 Å². The van der Waals surface area contributed by atoms with Gasteiger partial charge in [0.2, 0.25) is 0 Å². The first kappa shape index (κ1) is 23.7. The zero-order chi connectivity index (χ0) is 23.9. The smallest absolute Gasteiger partial charge is 0.343 e. The van der Waals surface area contributed by atoms with Gasteiger partial charge < -0.3 is 9.47 Å². The number of thioether (sulfide) groups is 1. The number of rotatable bonds is 8. The summed E-state index contributed by atoms with van der Waals surface area (Å²) in [5.41, 5.74) is 4.44. The first-order valence-corrected chi connectivity index (χ1v) is 12.2. The van der Waals surface area contributed by atoms with Crippen molar-refractivity contribution in [2.24, 2.45) is 5.10 Å². The molecule has 0 fully saturated rings. The lowest BCUT2D eigenvalue weighted by atomic mass is 10.2. The fourth-order valence-corrected chi connectivity index (χ4v) is 4.83. The Hall–Kier alpha value is -3.40. The maximum atomic E-state index is 12.3. The van der Waals surface area contributed by atoms with Gasteiger partial charge in [0, 0.05) is 5.02 Å². The van der Waals surface area contributed by atoms with Gasteiger partial charge >= 0.3 is 5.97 Å². The highest BCUT2D eigenvalue weighted by Crippen LogP contribution is 2.30. The molecule has 0 aliphatic rings. The summed E-state index contributed by atoms with van der Waals surface area (Å²) in [6.45, 7) is 0. The molecule has 0 bridgehead atoms. The van der Waals surface area contributed by atoms with E-state index in [9.17, 15) is 9.59 Å². The third-order valence-corrected chi connectivity index (χ3v) is 6.91. The fourth-order valence-electron chi connectivity index (χ4n) is 2.84. The number of hydrogen-bond donors (Lipinski definition) is 1. The summed E-state index contributed by atoms with van der Waals surface area (Å²) >= 11 is 8.75. The lowest BCUT2D eigenvalue weighted by Crippen LogP contribution is -2.19. The lowest BCUT2D eigenvalue weighted by molar-refractivity contribution is -0.118. The van der Waals surface area contributed by atoms with E-state index in [1.54, 1.807) is 53.8 Å². The topological polar surface area (TPSA) is 89.9 Å². The number of halogens is 1. The molecule has 0 unspecified atom stereocenters. The largest absolute Gasteiger partial charge is 0.493 e. The number of benzene rings is 3. The zero-order valence-electron chi connectivity index (χ0n) is 17.9. The van der Waals surface area contributed by atoms with E-state index in [-0.39, 0.29) is 17.4 Å². The Kier molecular flexibility index (Phi) is 7.79. The second-order valence-corrected chi connectivity index (χ2v) is 9.53. The highest BCUT2D eigenvalue weighted by atomic mass is 35.5. The fraction of sp³-hybridized carbons (Fsp3) is 0.0833. The molecule has 0 spiro atoms. The number of methoxy groups -OCH3 is 1. The summed E-state index contributed by atoms with van der Waals surface area (Å²) in [4.78, 5) is 28.9. The maximum Gasteiger partial charge on any atom is 0.343 e. The number of thiazole rings is 1. The van der Waals surface area contributed by atoms with Crippen molar-refractivity contribution < 1.29 is 19.1 Å². The predicted molar refractivity (Wildman–Crippen MR) is 135 cm³/mol. The molecule has 10 heteroatoms. The number of carbonyl (C=O) groups is 2. The average Bonchev–Trinajstić information content (AvgIpc) is 3.27. The quantitative estimate of drug-likeness (QED) is 0.112. The molecule has 0 aliphatic carbocycles. The molecule has 1 amide bonds. The molecule has 7 nitrogen and oxygen atoms in total. The summed E-state index contributed by atoms with van der Waals surface area (Å²) < 4.78 is 12.7. The summed E-state index contributed by atoms with van der Waals surface area (Å²) in [5.74, 6) is 0.0233. The molecule has 0 radical (unpaired) electrons. The monoisotopic (exact) mass is 511 g/mol. The van der Waals surface area contributed by atoms with Gasteiger partial charge in [-0.1, -0.05) is 35.5 Å². The number of fused-ring (bicyclic) bond motifs is 1. The minimum Gasteiger partial charge on any atom is -0.493 e. The zero-order valence-corrected chi connectivity index (χ0v) is 20.2. The van der Waals surface area contributed by atoms with E-state index in [0.717, 1.165) is 14.6 Å². The standard InChI is InChI=1S/C24H18ClN3O4S2/c1-31-20-12-15(6-11-19(20)32-23(30)16-7-9-17(25)10-8-16)13-26-28-22(29)14-33-24-27-18-4-2-3-5-21(18)34-24/h2-13H,14H2,1H3,(H,28,29)/b26-13-. The van der Waals surface area contributed by atoms with Gasteiger partial charge in [0.25, 0.3) is 5.91 Å². The van der Waals surface area contributed by atoms with Gasteiger partial charge in [0.15, 0.2) is 15.8 Å². The molecule has 3 aromatic carbocycles. The second kappa shape index (κ2) is 11.1. The van der Waals surface area contributed by atoms with Gasteiger partial charge in [-0.3, -0.25) is 4.79 Å². The van der Waals surface area contributed by atoms with E-state index in [1.807, 2.05) is 24.3 Å². The number of hydrogen-bond acceptors (Lipinski definition) is 8. The Morgan fingerprint density at radius 2 is 1.91 bits per heavy atom. The van der Waals surface area contributed by atoms with Gasteiger partial charge in [-0.05, 0) is 60.2 Å². The van der Waals surface area contributed by atoms with E-state index in [4.69, 9.17) is 21.1 Å². The highest BCUT2D eigenvalue weighted by Gasteiger charge is 2.13. The Bertz CT molecular complexity index is 1320. The number of esters is 1. The predicted octanol–water partition coefficient (Wildman–Crippen LogP) is 5.42. The van der Waals surface area contributed by atoms with Crippen LogP contribution in [0.3, 0.4) is 0 Å². The van der Waals surface area contributed by atoms with E-state index >= 15 is 0 Å². The molecule has 172 valence electrons. The number of carbonyl (C=O) groups excluding carboxylic acids is 2. The lowest BCUT2D eigenvalue weighted by Gasteiger charge is -2.10. The first-order chi connectivity index (χ1) is 16.5. The van der Waals surface area contributed by atoms with Crippen LogP contribution in [-0.2, 0) is 4.79 Å². The van der Waals surface area contributed by atoms with Crippen LogP contribution in [0.5, 0.6) is 11.5 Å². The van der Waals surface area contributed by atoms with E-state index in [2.05, 4.69) is 15.5 Å². The molecule has 4 rings (SSSR count). The number of amides is 1. The van der Waals surface area contributed by atoms with E-state index in [1.165, 1.54) is 25.1 Å². The molecule has 1 heterocycles. The van der Waals surface area contributed by atoms with Gasteiger partial charge in [-0.2, -0.15) is 5.10 Å². The summed E-state index contributed by atoms with van der Waals surface area (Å²) in [5, 5.41) is 4.52. The van der Waals surface area contributed by atoms with Crippen LogP contribution >= 0.6 is 34.7 Å². The molecule has 34 heavy (non-hydrogen) atoms. The van der Waals surface area contributed by atoms with Crippen molar-refractivity contribution >= 4 is 63.0 Å². The third-order valence-electron chi connectivity index (χ3n) is 4.47. The Balaban J connectivity index is 1.32. The van der Waals surface area contributed by atoms with Crippen molar-refractivity contribution in [2.45, 2.75) is 4.34 Å². The average molecular weight is 512 g/mol. The normalized spacial score (nSPS) is 11.0. The Labute approximate surface area is 208 Å². The SMILES string of the molecule is COc1cc(/C=N\NC(=O)CSc2nc3ccccc3s2)ccc1OC(=O)c1ccc(Cl)cc1. The molecular formula is C24H18ClN3O4S2. The maximum absolute atomic E-state index is 12.3. The van der Waals surface area contributed by atoms with Crippen molar-refractivity contribution in [3.8, 4) is 11.5 Å². The van der Waals surface area contributed by atoms with E-state index in [0.29, 0.717) is 21.9 Å². The third kappa shape index (κ3) is 6.13. The molecule has 0 aliphatic heterocycles. The van der Waals surface area contributed by atoms with Crippen LogP contribution in [0, 0.1) is 0 Å². The van der Waals surface area contributed by atoms with E-state index < -0.39 is 5.97 Å². The first-order valence-electron chi connectivity index (χ1n) is 9.98. The van der Waals surface area contributed by atoms with Crippen LogP contribution in [0.15, 0.2) is 76.2 Å². The summed E-state index contributed by atoms with van der Waals surface area (Å²) in [6, 6.07) is 19.2. The van der Waals surface area contributed by atoms with Crippen LogP contribution in [0.25, 0.3) is 10.2 Å². The number of nitrogens with one attached hydrogen (secondary N) is 1. The number of ether oxygens (including phenoxy) is 2. The van der Waals surface area contributed by atoms with Gasteiger partial charge in [-0.15, -0.1) is 11.3 Å². The minimum atomic E-state index is -0.533. The molecule has 1 aromatic heterocycles. The molecule has 0 atom stereocenters. The van der Waals surface area contributed by atoms with Crippen molar-refractivity contribution in [1.82, 2.24) is 10.4 Å². The number of aromatic nitrogens is 1. The van der Waals surface area contributed by atoms with Crippen LogP contribution in [-0.4, -0.2) is 35.9 Å². The van der Waals surface area contributed by atoms with Gasteiger partial charge in [0.05, 0.1) is 34.9 Å². The van der Waals surface area contributed by atoms with Crippen molar-refractivity contribution in [2.75, 3.05) is 12.9 Å². The molecular weight excluding hydrogens is 494 g/mol. The summed E-state index contributed by atoms with van der Waals surface area (Å²) in [6.07, 6.45) is 1.48. The minimum absolute atomic E-state index is 0.195. The van der Waals surface area contributed by atoms with Crippen LogP contribution in [0.4, 0.5) is 0 Å². The molecule has 4 aromatic rings. The molecule has 0 saturated heterocycles. The molecule has 1 N–H and O–H groups in total. The van der Waals surface area contributed by atoms with Crippen LogP contribution < -0.4 is 14.9 Å². The Morgan fingerprint density at radius 3 is 2.68 bits per heavy atom. The number of nitrogens with zero attached hydrogens (tertiary/aromatic N) is 2. The molecule has 0 saturated carbocycles. The van der Waals surface area contributed by atoms with Gasteiger partial charge in [-0.25, -0.2) is 15.2 Å². The van der Waals surface area contributed by atoms with Gasteiger partial charge in [0.1, 0.15) is 0 Å². The van der Waals surface area contributed by atoms with Crippen LogP contribution in [0.2, 0.25) is 5.02 Å². The second-order valence-electron chi connectivity index (χ2n) is 6.84. The number of hydrazone groups is 1. The summed E-state index contributed by atoms with van der Waals surface area (Å²) in [7, 11) is 1.47. The number of para-hydroxylation sites is 1. The van der Waals surface area contributed by atoms with Crippen molar-refractivity contribution in [3.05, 3.63) is 82.9 Å². The van der Waals surface area contributed by atoms with Crippen molar-refractivity contribution in [1.29, 1.82) is 0 Å².